The number of carbonyl (C=O) groups is 2. The Morgan fingerprint density at radius 3 is 2.58 bits per heavy atom. The van der Waals surface area contributed by atoms with E-state index in [1.54, 1.807) is 12.0 Å². The zero-order valence-corrected chi connectivity index (χ0v) is 14.5. The maximum Gasteiger partial charge on any atom is 0.251 e. The molecule has 1 atom stereocenters. The summed E-state index contributed by atoms with van der Waals surface area (Å²) in [4.78, 5) is 26.5. The Morgan fingerprint density at radius 2 is 2.00 bits per heavy atom. The molecule has 1 saturated heterocycles. The second kappa shape index (κ2) is 7.75. The quantitative estimate of drug-likeness (QED) is 0.866. The molecule has 1 aromatic rings. The number of nitrogens with zero attached hydrogens (tertiary/aromatic N) is 1. The lowest BCUT2D eigenvalue weighted by Crippen LogP contribution is -2.51. The van der Waals surface area contributed by atoms with Gasteiger partial charge in [-0.3, -0.25) is 9.59 Å². The average Bonchev–Trinajstić information content (AvgIpc) is 2.97. The molecular formula is C18H25FN2O3. The second-order valence-electron chi connectivity index (χ2n) is 6.65. The lowest BCUT2D eigenvalue weighted by Gasteiger charge is -2.31. The van der Waals surface area contributed by atoms with Gasteiger partial charge in [0.15, 0.2) is 0 Å². The van der Waals surface area contributed by atoms with Gasteiger partial charge in [-0.15, -0.1) is 0 Å². The molecule has 0 saturated carbocycles. The predicted octanol–water partition coefficient (Wildman–Crippen LogP) is 2.22. The van der Waals surface area contributed by atoms with E-state index in [9.17, 15) is 14.0 Å². The molecule has 0 bridgehead atoms. The highest BCUT2D eigenvalue weighted by atomic mass is 19.1. The molecule has 6 heteroatoms. The van der Waals surface area contributed by atoms with E-state index in [-0.39, 0.29) is 23.5 Å². The fourth-order valence-corrected chi connectivity index (χ4v) is 3.01. The van der Waals surface area contributed by atoms with Crippen LogP contribution in [-0.4, -0.2) is 49.1 Å². The third-order valence-electron chi connectivity index (χ3n) is 4.43. The molecule has 0 spiro atoms. The van der Waals surface area contributed by atoms with Crippen LogP contribution in [0.25, 0.3) is 0 Å². The van der Waals surface area contributed by atoms with Gasteiger partial charge in [0.05, 0.1) is 5.54 Å². The maximum atomic E-state index is 13.0. The zero-order chi connectivity index (χ0) is 17.7. The van der Waals surface area contributed by atoms with Gasteiger partial charge in [0.1, 0.15) is 5.82 Å². The summed E-state index contributed by atoms with van der Waals surface area (Å²) in [6.07, 6.45) is 1.31. The van der Waals surface area contributed by atoms with Crippen molar-refractivity contribution in [3.63, 3.8) is 0 Å². The van der Waals surface area contributed by atoms with Gasteiger partial charge in [-0.05, 0) is 37.1 Å². The topological polar surface area (TPSA) is 58.6 Å². The number of amides is 2. The molecule has 2 rings (SSSR count). The van der Waals surface area contributed by atoms with Gasteiger partial charge < -0.3 is 15.0 Å². The van der Waals surface area contributed by atoms with Crippen LogP contribution in [0.15, 0.2) is 24.3 Å². The van der Waals surface area contributed by atoms with Crippen molar-refractivity contribution in [2.75, 3.05) is 26.8 Å². The fourth-order valence-electron chi connectivity index (χ4n) is 3.01. The molecule has 132 valence electrons. The van der Waals surface area contributed by atoms with Crippen LogP contribution in [0.5, 0.6) is 0 Å². The van der Waals surface area contributed by atoms with Crippen LogP contribution in [-0.2, 0) is 9.53 Å². The SMILES string of the molecule is COCCC1(NC(=O)c2ccc(F)cc2)CCN(C(=O)C(C)C)C1. The van der Waals surface area contributed by atoms with Gasteiger partial charge in [-0.25, -0.2) is 4.39 Å². The number of halogens is 1. The molecule has 24 heavy (non-hydrogen) atoms. The van der Waals surface area contributed by atoms with E-state index < -0.39 is 5.54 Å². The maximum absolute atomic E-state index is 13.0. The Balaban J connectivity index is 2.12. The van der Waals surface area contributed by atoms with Crippen molar-refractivity contribution in [2.45, 2.75) is 32.2 Å². The van der Waals surface area contributed by atoms with Gasteiger partial charge in [0.2, 0.25) is 5.91 Å². The standard InChI is InChI=1S/C18H25FN2O3/c1-13(2)17(23)21-10-8-18(12-21,9-11-24-3)20-16(22)14-4-6-15(19)7-5-14/h4-7,13H,8-12H2,1-3H3,(H,20,22). The Kier molecular flexibility index (Phi) is 5.94. The van der Waals surface area contributed by atoms with Crippen molar-refractivity contribution < 1.29 is 18.7 Å². The number of rotatable bonds is 6. The molecule has 1 heterocycles. The van der Waals surface area contributed by atoms with Crippen LogP contribution in [0.4, 0.5) is 4.39 Å². The molecule has 1 unspecified atom stereocenters. The molecule has 1 N–H and O–H groups in total. The minimum absolute atomic E-state index is 0.0731. The van der Waals surface area contributed by atoms with Crippen LogP contribution < -0.4 is 5.32 Å². The van der Waals surface area contributed by atoms with Crippen molar-refractivity contribution in [1.82, 2.24) is 10.2 Å². The van der Waals surface area contributed by atoms with Crippen molar-refractivity contribution in [1.29, 1.82) is 0 Å². The zero-order valence-electron chi connectivity index (χ0n) is 14.5. The molecule has 1 aliphatic heterocycles. The molecule has 1 aromatic carbocycles. The predicted molar refractivity (Wildman–Crippen MR) is 89.1 cm³/mol. The highest BCUT2D eigenvalue weighted by molar-refractivity contribution is 5.94. The van der Waals surface area contributed by atoms with E-state index in [0.29, 0.717) is 38.1 Å². The van der Waals surface area contributed by atoms with Crippen molar-refractivity contribution in [2.24, 2.45) is 5.92 Å². The van der Waals surface area contributed by atoms with Crippen molar-refractivity contribution >= 4 is 11.8 Å². The third kappa shape index (κ3) is 4.32. The number of likely N-dealkylation sites (tertiary alicyclic amines) is 1. The summed E-state index contributed by atoms with van der Waals surface area (Å²) in [6, 6.07) is 5.45. The number of hydrogen-bond acceptors (Lipinski definition) is 3. The summed E-state index contributed by atoms with van der Waals surface area (Å²) in [5.74, 6) is -0.624. The molecule has 5 nitrogen and oxygen atoms in total. The van der Waals surface area contributed by atoms with Crippen molar-refractivity contribution in [3.05, 3.63) is 35.6 Å². The Hall–Kier alpha value is -1.95. The Morgan fingerprint density at radius 1 is 1.33 bits per heavy atom. The Labute approximate surface area is 142 Å². The summed E-state index contributed by atoms with van der Waals surface area (Å²) in [7, 11) is 1.61. The van der Waals surface area contributed by atoms with E-state index in [1.807, 2.05) is 13.8 Å². The van der Waals surface area contributed by atoms with Crippen LogP contribution in [0.3, 0.4) is 0 Å². The largest absolute Gasteiger partial charge is 0.385 e. The first-order chi connectivity index (χ1) is 11.4. The minimum atomic E-state index is -0.508. The van der Waals surface area contributed by atoms with Gasteiger partial charge in [0.25, 0.3) is 5.91 Å². The monoisotopic (exact) mass is 336 g/mol. The molecule has 1 aliphatic rings. The van der Waals surface area contributed by atoms with E-state index in [4.69, 9.17) is 4.74 Å². The second-order valence-corrected chi connectivity index (χ2v) is 6.65. The van der Waals surface area contributed by atoms with Crippen molar-refractivity contribution in [3.8, 4) is 0 Å². The summed E-state index contributed by atoms with van der Waals surface area (Å²) < 4.78 is 18.2. The smallest absolute Gasteiger partial charge is 0.251 e. The fraction of sp³-hybridized carbons (Fsp3) is 0.556. The first-order valence-corrected chi connectivity index (χ1v) is 8.23. The molecule has 1 fully saturated rings. The number of nitrogens with one attached hydrogen (secondary N) is 1. The van der Waals surface area contributed by atoms with E-state index in [1.165, 1.54) is 24.3 Å². The number of methoxy groups -OCH3 is 1. The van der Waals surface area contributed by atoms with Crippen LogP contribution >= 0.6 is 0 Å². The number of carbonyl (C=O) groups excluding carboxylic acids is 2. The lowest BCUT2D eigenvalue weighted by atomic mass is 9.93. The number of benzene rings is 1. The molecule has 0 aromatic heterocycles. The van der Waals surface area contributed by atoms with E-state index >= 15 is 0 Å². The van der Waals surface area contributed by atoms with Gasteiger partial charge in [-0.1, -0.05) is 13.8 Å². The van der Waals surface area contributed by atoms with Crippen LogP contribution in [0.1, 0.15) is 37.0 Å². The molecular weight excluding hydrogens is 311 g/mol. The Bertz CT molecular complexity index is 588. The molecule has 0 aliphatic carbocycles. The summed E-state index contributed by atoms with van der Waals surface area (Å²) in [5.41, 5.74) is -0.103. The van der Waals surface area contributed by atoms with E-state index in [0.717, 1.165) is 0 Å². The summed E-state index contributed by atoms with van der Waals surface area (Å²) in [5, 5.41) is 3.05. The summed E-state index contributed by atoms with van der Waals surface area (Å²) in [6.45, 7) is 5.32. The van der Waals surface area contributed by atoms with Gasteiger partial charge >= 0.3 is 0 Å². The molecule has 2 amide bonds. The van der Waals surface area contributed by atoms with Gasteiger partial charge in [0, 0.05) is 38.3 Å². The highest BCUT2D eigenvalue weighted by Gasteiger charge is 2.41. The van der Waals surface area contributed by atoms with Gasteiger partial charge in [-0.2, -0.15) is 0 Å². The number of hydrogen-bond donors (Lipinski definition) is 1. The van der Waals surface area contributed by atoms with E-state index in [2.05, 4.69) is 5.32 Å². The summed E-state index contributed by atoms with van der Waals surface area (Å²) >= 11 is 0. The average molecular weight is 336 g/mol. The third-order valence-corrected chi connectivity index (χ3v) is 4.43. The lowest BCUT2D eigenvalue weighted by molar-refractivity contribution is -0.133. The highest BCUT2D eigenvalue weighted by Crippen LogP contribution is 2.27. The van der Waals surface area contributed by atoms with Crippen LogP contribution in [0, 0.1) is 11.7 Å². The first kappa shape index (κ1) is 18.4. The minimum Gasteiger partial charge on any atom is -0.385 e. The normalized spacial score (nSPS) is 20.5. The number of ether oxygens (including phenoxy) is 1. The molecule has 0 radical (unpaired) electrons. The van der Waals surface area contributed by atoms with Crippen LogP contribution in [0.2, 0.25) is 0 Å². The first-order valence-electron chi connectivity index (χ1n) is 8.23.